The molecule has 2 heterocycles. The molecule has 0 spiro atoms. The predicted molar refractivity (Wildman–Crippen MR) is 89.2 cm³/mol. The first kappa shape index (κ1) is 13.3. The molecule has 0 bridgehead atoms. The van der Waals surface area contributed by atoms with Gasteiger partial charge in [0.25, 0.3) is 0 Å². The summed E-state index contributed by atoms with van der Waals surface area (Å²) in [6.07, 6.45) is 0. The molecule has 0 amide bonds. The van der Waals surface area contributed by atoms with Gasteiger partial charge in [0.15, 0.2) is 5.58 Å². The summed E-state index contributed by atoms with van der Waals surface area (Å²) in [5, 5.41) is 0. The van der Waals surface area contributed by atoms with Crippen LogP contribution >= 0.6 is 0 Å². The summed E-state index contributed by atoms with van der Waals surface area (Å²) < 4.78 is 5.82. The monoisotopic (exact) mass is 293 g/mol. The summed E-state index contributed by atoms with van der Waals surface area (Å²) >= 11 is 0. The molecule has 2 aromatic carbocycles. The molecule has 0 saturated carbocycles. The summed E-state index contributed by atoms with van der Waals surface area (Å²) in [6, 6.07) is 16.4. The van der Waals surface area contributed by atoms with Gasteiger partial charge in [-0.15, -0.1) is 0 Å². The van der Waals surface area contributed by atoms with Crippen LogP contribution in [0, 0.1) is 0 Å². The largest absolute Gasteiger partial charge is 0.436 e. The van der Waals surface area contributed by atoms with Gasteiger partial charge in [0.2, 0.25) is 5.89 Å². The third kappa shape index (κ3) is 2.46. The van der Waals surface area contributed by atoms with E-state index in [0.717, 1.165) is 42.8 Å². The lowest BCUT2D eigenvalue weighted by atomic mass is 10.2. The maximum atomic E-state index is 5.82. The van der Waals surface area contributed by atoms with Gasteiger partial charge in [0.1, 0.15) is 5.52 Å². The van der Waals surface area contributed by atoms with Crippen LogP contribution in [0.3, 0.4) is 0 Å². The van der Waals surface area contributed by atoms with Gasteiger partial charge in [0, 0.05) is 37.4 Å². The summed E-state index contributed by atoms with van der Waals surface area (Å²) in [5.74, 6) is 0.686. The van der Waals surface area contributed by atoms with Crippen LogP contribution in [-0.2, 0) is 0 Å². The van der Waals surface area contributed by atoms with Crippen molar-refractivity contribution in [2.45, 2.75) is 0 Å². The number of benzene rings is 2. The fourth-order valence-corrected chi connectivity index (χ4v) is 2.88. The molecule has 0 unspecified atom stereocenters. The topological polar surface area (TPSA) is 32.5 Å². The van der Waals surface area contributed by atoms with Crippen LogP contribution in [0.2, 0.25) is 0 Å². The Morgan fingerprint density at radius 3 is 2.36 bits per heavy atom. The van der Waals surface area contributed by atoms with Crippen molar-refractivity contribution in [2.24, 2.45) is 0 Å². The lowest BCUT2D eigenvalue weighted by Crippen LogP contribution is -2.44. The smallest absolute Gasteiger partial charge is 0.227 e. The molecule has 0 N–H and O–H groups in total. The molecule has 1 aliphatic heterocycles. The quantitative estimate of drug-likeness (QED) is 0.726. The maximum Gasteiger partial charge on any atom is 0.227 e. The van der Waals surface area contributed by atoms with Gasteiger partial charge >= 0.3 is 0 Å². The van der Waals surface area contributed by atoms with Gasteiger partial charge in [-0.25, -0.2) is 4.98 Å². The third-order valence-electron chi connectivity index (χ3n) is 4.28. The van der Waals surface area contributed by atoms with E-state index in [1.54, 1.807) is 0 Å². The van der Waals surface area contributed by atoms with E-state index in [1.165, 1.54) is 5.69 Å². The van der Waals surface area contributed by atoms with E-state index in [2.05, 4.69) is 46.1 Å². The number of piperazine rings is 1. The van der Waals surface area contributed by atoms with Crippen molar-refractivity contribution in [3.05, 3.63) is 48.5 Å². The fourth-order valence-electron chi connectivity index (χ4n) is 2.88. The first-order valence-electron chi connectivity index (χ1n) is 7.69. The number of rotatable bonds is 2. The van der Waals surface area contributed by atoms with Crippen LogP contribution in [0.4, 0.5) is 5.69 Å². The zero-order valence-electron chi connectivity index (χ0n) is 12.7. The van der Waals surface area contributed by atoms with Crippen molar-refractivity contribution in [1.29, 1.82) is 0 Å². The van der Waals surface area contributed by atoms with Gasteiger partial charge in [-0.3, -0.25) is 0 Å². The molecule has 1 fully saturated rings. The van der Waals surface area contributed by atoms with Crippen molar-refractivity contribution < 1.29 is 4.42 Å². The first-order valence-corrected chi connectivity index (χ1v) is 7.69. The van der Waals surface area contributed by atoms with Crippen LogP contribution in [0.25, 0.3) is 22.6 Å². The summed E-state index contributed by atoms with van der Waals surface area (Å²) in [5.41, 5.74) is 4.03. The highest BCUT2D eigenvalue weighted by Crippen LogP contribution is 2.26. The van der Waals surface area contributed by atoms with Crippen LogP contribution in [0.1, 0.15) is 0 Å². The number of hydrogen-bond donors (Lipinski definition) is 0. The van der Waals surface area contributed by atoms with Crippen molar-refractivity contribution in [3.63, 3.8) is 0 Å². The summed E-state index contributed by atoms with van der Waals surface area (Å²) in [7, 11) is 2.17. The molecule has 0 radical (unpaired) electrons. The van der Waals surface area contributed by atoms with E-state index in [4.69, 9.17) is 4.42 Å². The Morgan fingerprint density at radius 2 is 1.64 bits per heavy atom. The zero-order valence-corrected chi connectivity index (χ0v) is 12.7. The van der Waals surface area contributed by atoms with E-state index in [1.807, 2.05) is 24.3 Å². The van der Waals surface area contributed by atoms with Crippen molar-refractivity contribution in [3.8, 4) is 11.5 Å². The van der Waals surface area contributed by atoms with Crippen molar-refractivity contribution >= 4 is 16.8 Å². The van der Waals surface area contributed by atoms with Gasteiger partial charge in [-0.05, 0) is 43.4 Å². The minimum absolute atomic E-state index is 0.686. The molecule has 0 atom stereocenters. The Hall–Kier alpha value is -2.33. The molecule has 1 aliphatic rings. The van der Waals surface area contributed by atoms with Gasteiger partial charge in [-0.1, -0.05) is 12.1 Å². The number of oxazole rings is 1. The molecule has 0 aliphatic carbocycles. The first-order chi connectivity index (χ1) is 10.8. The maximum absolute atomic E-state index is 5.82. The highest BCUT2D eigenvalue weighted by molar-refractivity contribution is 5.76. The number of fused-ring (bicyclic) bond motifs is 1. The molecule has 4 rings (SSSR count). The lowest BCUT2D eigenvalue weighted by molar-refractivity contribution is 0.313. The Morgan fingerprint density at radius 1 is 0.909 bits per heavy atom. The highest BCUT2D eigenvalue weighted by atomic mass is 16.3. The highest BCUT2D eigenvalue weighted by Gasteiger charge is 2.14. The molecular formula is C18H19N3O. The molecule has 4 nitrogen and oxygen atoms in total. The zero-order chi connectivity index (χ0) is 14.9. The Balaban J connectivity index is 1.58. The summed E-state index contributed by atoms with van der Waals surface area (Å²) in [4.78, 5) is 9.34. The average molecular weight is 293 g/mol. The minimum atomic E-state index is 0.686. The third-order valence-corrected chi connectivity index (χ3v) is 4.28. The van der Waals surface area contributed by atoms with Gasteiger partial charge in [-0.2, -0.15) is 0 Å². The fraction of sp³-hybridized carbons (Fsp3) is 0.278. The van der Waals surface area contributed by atoms with Crippen LogP contribution < -0.4 is 4.90 Å². The molecule has 112 valence electrons. The predicted octanol–water partition coefficient (Wildman–Crippen LogP) is 3.25. The SMILES string of the molecule is CN1CCN(c2ccc(-c3nc4ccccc4o3)cc2)CC1. The molecule has 1 saturated heterocycles. The van der Waals surface area contributed by atoms with E-state index in [9.17, 15) is 0 Å². The molecule has 4 heteroatoms. The molecule has 22 heavy (non-hydrogen) atoms. The normalized spacial score (nSPS) is 16.3. The second-order valence-electron chi connectivity index (χ2n) is 5.82. The van der Waals surface area contributed by atoms with E-state index < -0.39 is 0 Å². The second-order valence-corrected chi connectivity index (χ2v) is 5.82. The number of para-hydroxylation sites is 2. The van der Waals surface area contributed by atoms with Crippen molar-refractivity contribution in [2.75, 3.05) is 38.1 Å². The molecule has 3 aromatic rings. The number of anilines is 1. The van der Waals surface area contributed by atoms with Gasteiger partial charge in [0.05, 0.1) is 0 Å². The van der Waals surface area contributed by atoms with Crippen LogP contribution in [0.5, 0.6) is 0 Å². The van der Waals surface area contributed by atoms with E-state index in [0.29, 0.717) is 5.89 Å². The number of hydrogen-bond acceptors (Lipinski definition) is 4. The number of nitrogens with zero attached hydrogens (tertiary/aromatic N) is 3. The average Bonchev–Trinajstić information content (AvgIpc) is 3.00. The Kier molecular flexibility index (Phi) is 3.31. The summed E-state index contributed by atoms with van der Waals surface area (Å²) in [6.45, 7) is 4.40. The standard InChI is InChI=1S/C18H19N3O/c1-20-10-12-21(13-11-20)15-8-6-14(7-9-15)18-19-16-4-2-3-5-17(16)22-18/h2-9H,10-13H2,1H3. The number of likely N-dealkylation sites (N-methyl/N-ethyl adjacent to an activating group) is 1. The molecule has 1 aromatic heterocycles. The lowest BCUT2D eigenvalue weighted by Gasteiger charge is -2.34. The number of aromatic nitrogens is 1. The van der Waals surface area contributed by atoms with Crippen LogP contribution in [0.15, 0.2) is 52.9 Å². The van der Waals surface area contributed by atoms with E-state index >= 15 is 0 Å². The Labute approximate surface area is 130 Å². The second kappa shape index (κ2) is 5.46. The van der Waals surface area contributed by atoms with Crippen LogP contribution in [-0.4, -0.2) is 43.1 Å². The minimum Gasteiger partial charge on any atom is -0.436 e. The van der Waals surface area contributed by atoms with E-state index in [-0.39, 0.29) is 0 Å². The van der Waals surface area contributed by atoms with Gasteiger partial charge < -0.3 is 14.2 Å². The Bertz CT molecular complexity index is 737. The molecular weight excluding hydrogens is 274 g/mol. The van der Waals surface area contributed by atoms with Crippen molar-refractivity contribution in [1.82, 2.24) is 9.88 Å².